The fourth-order valence-electron chi connectivity index (χ4n) is 2.02. The standard InChI is InChI=1S/C11H16BrNOS/c12-8-5-9(15-7-8)6-11(14)10-3-1-2-4-13-10/h5,7,10-11,13-14H,1-4,6H2. The maximum atomic E-state index is 10.1. The minimum atomic E-state index is -0.240. The molecular formula is C11H16BrNOS. The Kier molecular flexibility index (Phi) is 4.20. The van der Waals surface area contributed by atoms with Gasteiger partial charge in [-0.3, -0.25) is 0 Å². The van der Waals surface area contributed by atoms with Gasteiger partial charge in [-0.2, -0.15) is 0 Å². The van der Waals surface area contributed by atoms with Crippen LogP contribution in [0.2, 0.25) is 0 Å². The van der Waals surface area contributed by atoms with Gasteiger partial charge in [0.15, 0.2) is 0 Å². The monoisotopic (exact) mass is 289 g/mol. The van der Waals surface area contributed by atoms with E-state index in [4.69, 9.17) is 0 Å². The third kappa shape index (κ3) is 3.28. The molecule has 2 unspecified atom stereocenters. The first-order valence-electron chi connectivity index (χ1n) is 5.40. The molecular weight excluding hydrogens is 274 g/mol. The lowest BCUT2D eigenvalue weighted by Crippen LogP contribution is -2.43. The van der Waals surface area contributed by atoms with Crippen LogP contribution >= 0.6 is 27.3 Å². The molecule has 2 atom stereocenters. The van der Waals surface area contributed by atoms with Crippen molar-refractivity contribution >= 4 is 27.3 Å². The van der Waals surface area contributed by atoms with E-state index in [2.05, 4.69) is 32.7 Å². The molecule has 0 amide bonds. The van der Waals surface area contributed by atoms with Crippen LogP contribution < -0.4 is 5.32 Å². The van der Waals surface area contributed by atoms with Gasteiger partial charge in [-0.05, 0) is 41.4 Å². The lowest BCUT2D eigenvalue weighted by molar-refractivity contribution is 0.114. The molecule has 0 radical (unpaired) electrons. The van der Waals surface area contributed by atoms with Gasteiger partial charge in [0.1, 0.15) is 0 Å². The molecule has 0 bridgehead atoms. The molecule has 0 aromatic carbocycles. The number of hydrogen-bond donors (Lipinski definition) is 2. The first-order chi connectivity index (χ1) is 7.25. The van der Waals surface area contributed by atoms with Crippen molar-refractivity contribution in [3.05, 3.63) is 20.8 Å². The predicted molar refractivity (Wildman–Crippen MR) is 67.4 cm³/mol. The molecule has 2 heterocycles. The van der Waals surface area contributed by atoms with E-state index in [0.29, 0.717) is 6.04 Å². The van der Waals surface area contributed by atoms with Gasteiger partial charge in [-0.1, -0.05) is 6.42 Å². The molecule has 0 aliphatic carbocycles. The van der Waals surface area contributed by atoms with Gasteiger partial charge in [-0.15, -0.1) is 11.3 Å². The molecule has 1 aliphatic rings. The maximum absolute atomic E-state index is 10.1. The van der Waals surface area contributed by atoms with Crippen molar-refractivity contribution in [3.63, 3.8) is 0 Å². The van der Waals surface area contributed by atoms with Crippen molar-refractivity contribution in [2.75, 3.05) is 6.54 Å². The summed E-state index contributed by atoms with van der Waals surface area (Å²) in [6, 6.07) is 2.39. The van der Waals surface area contributed by atoms with E-state index in [0.717, 1.165) is 23.9 Å². The van der Waals surface area contributed by atoms with Gasteiger partial charge in [0, 0.05) is 27.2 Å². The normalized spacial score (nSPS) is 24.0. The van der Waals surface area contributed by atoms with E-state index in [-0.39, 0.29) is 6.10 Å². The number of hydrogen-bond acceptors (Lipinski definition) is 3. The van der Waals surface area contributed by atoms with Crippen LogP contribution in [-0.4, -0.2) is 23.8 Å². The second-order valence-corrected chi connectivity index (χ2v) is 5.97. The Morgan fingerprint density at radius 1 is 1.60 bits per heavy atom. The van der Waals surface area contributed by atoms with Crippen molar-refractivity contribution in [1.29, 1.82) is 0 Å². The summed E-state index contributed by atoms with van der Waals surface area (Å²) >= 11 is 5.14. The van der Waals surface area contributed by atoms with Crippen LogP contribution in [0.1, 0.15) is 24.1 Å². The number of rotatable bonds is 3. The molecule has 0 spiro atoms. The summed E-state index contributed by atoms with van der Waals surface area (Å²) in [6.45, 7) is 1.05. The summed E-state index contributed by atoms with van der Waals surface area (Å²) in [5.74, 6) is 0. The first kappa shape index (κ1) is 11.6. The molecule has 1 fully saturated rings. The summed E-state index contributed by atoms with van der Waals surface area (Å²) < 4.78 is 1.12. The zero-order valence-electron chi connectivity index (χ0n) is 8.58. The van der Waals surface area contributed by atoms with Crippen LogP contribution in [0, 0.1) is 0 Å². The van der Waals surface area contributed by atoms with Crippen LogP contribution in [0.4, 0.5) is 0 Å². The molecule has 4 heteroatoms. The first-order valence-corrected chi connectivity index (χ1v) is 7.07. The number of thiophene rings is 1. The zero-order chi connectivity index (χ0) is 10.7. The Hall–Kier alpha value is 0.1000. The largest absolute Gasteiger partial charge is 0.391 e. The van der Waals surface area contributed by atoms with Gasteiger partial charge in [0.25, 0.3) is 0 Å². The van der Waals surface area contributed by atoms with Crippen LogP contribution in [0.3, 0.4) is 0 Å². The number of nitrogens with one attached hydrogen (secondary N) is 1. The van der Waals surface area contributed by atoms with Crippen LogP contribution in [0.25, 0.3) is 0 Å². The Labute approximate surface area is 103 Å². The quantitative estimate of drug-likeness (QED) is 0.896. The minimum Gasteiger partial charge on any atom is -0.391 e. The van der Waals surface area contributed by atoms with Crippen molar-refractivity contribution in [3.8, 4) is 0 Å². The van der Waals surface area contributed by atoms with Crippen LogP contribution in [-0.2, 0) is 6.42 Å². The van der Waals surface area contributed by atoms with Crippen molar-refractivity contribution in [1.82, 2.24) is 5.32 Å². The Balaban J connectivity index is 1.88. The Bertz CT molecular complexity index is 309. The second kappa shape index (κ2) is 5.43. The number of piperidine rings is 1. The van der Waals surface area contributed by atoms with Crippen LogP contribution in [0.5, 0.6) is 0 Å². The second-order valence-electron chi connectivity index (χ2n) is 4.06. The molecule has 84 valence electrons. The van der Waals surface area contributed by atoms with Gasteiger partial charge >= 0.3 is 0 Å². The highest BCUT2D eigenvalue weighted by molar-refractivity contribution is 9.10. The summed E-state index contributed by atoms with van der Waals surface area (Å²) in [4.78, 5) is 1.25. The van der Waals surface area contributed by atoms with Crippen LogP contribution in [0.15, 0.2) is 15.9 Å². The summed E-state index contributed by atoms with van der Waals surface area (Å²) in [5.41, 5.74) is 0. The molecule has 2 nitrogen and oxygen atoms in total. The molecule has 2 rings (SSSR count). The molecule has 1 saturated heterocycles. The molecule has 2 N–H and O–H groups in total. The van der Waals surface area contributed by atoms with Crippen molar-refractivity contribution < 1.29 is 5.11 Å². The fraction of sp³-hybridized carbons (Fsp3) is 0.636. The summed E-state index contributed by atoms with van der Waals surface area (Å²) in [6.07, 6.45) is 4.12. The Morgan fingerprint density at radius 3 is 3.07 bits per heavy atom. The minimum absolute atomic E-state index is 0.240. The lowest BCUT2D eigenvalue weighted by atomic mass is 9.97. The van der Waals surface area contributed by atoms with Gasteiger partial charge in [-0.25, -0.2) is 0 Å². The predicted octanol–water partition coefficient (Wildman–Crippen LogP) is 2.56. The molecule has 1 aliphatic heterocycles. The Morgan fingerprint density at radius 2 is 2.47 bits per heavy atom. The topological polar surface area (TPSA) is 32.3 Å². The molecule has 15 heavy (non-hydrogen) atoms. The van der Waals surface area contributed by atoms with E-state index in [9.17, 15) is 5.11 Å². The highest BCUT2D eigenvalue weighted by Gasteiger charge is 2.21. The average Bonchev–Trinajstić information content (AvgIpc) is 2.65. The maximum Gasteiger partial charge on any atom is 0.0741 e. The lowest BCUT2D eigenvalue weighted by Gasteiger charge is -2.27. The third-order valence-corrected chi connectivity index (χ3v) is 4.56. The fourth-order valence-corrected chi connectivity index (χ4v) is 3.52. The number of aliphatic hydroxyl groups excluding tert-OH is 1. The highest BCUT2D eigenvalue weighted by Crippen LogP contribution is 2.22. The van der Waals surface area contributed by atoms with Crippen molar-refractivity contribution in [2.24, 2.45) is 0 Å². The molecule has 1 aromatic heterocycles. The highest BCUT2D eigenvalue weighted by atomic mass is 79.9. The zero-order valence-corrected chi connectivity index (χ0v) is 11.0. The van der Waals surface area contributed by atoms with Gasteiger partial charge in [0.2, 0.25) is 0 Å². The third-order valence-electron chi connectivity index (χ3n) is 2.84. The number of halogens is 1. The van der Waals surface area contributed by atoms with Gasteiger partial charge in [0.05, 0.1) is 6.10 Å². The van der Waals surface area contributed by atoms with Crippen molar-refractivity contribution in [2.45, 2.75) is 37.8 Å². The van der Waals surface area contributed by atoms with Gasteiger partial charge < -0.3 is 10.4 Å². The average molecular weight is 290 g/mol. The number of aliphatic hydroxyl groups is 1. The summed E-state index contributed by atoms with van der Waals surface area (Å²) in [7, 11) is 0. The SMILES string of the molecule is OC(Cc1cc(Br)cs1)C1CCCCN1. The van der Waals surface area contributed by atoms with E-state index in [1.54, 1.807) is 11.3 Å². The molecule has 0 saturated carbocycles. The smallest absolute Gasteiger partial charge is 0.0741 e. The van der Waals surface area contributed by atoms with E-state index >= 15 is 0 Å². The van der Waals surface area contributed by atoms with E-state index in [1.165, 1.54) is 17.7 Å². The van der Waals surface area contributed by atoms with E-state index in [1.807, 2.05) is 0 Å². The molecule has 1 aromatic rings. The van der Waals surface area contributed by atoms with E-state index < -0.39 is 0 Å². The summed E-state index contributed by atoms with van der Waals surface area (Å²) in [5, 5.41) is 15.5.